The predicted octanol–water partition coefficient (Wildman–Crippen LogP) is 2.14. The molecule has 0 aromatic carbocycles. The fourth-order valence-electron chi connectivity index (χ4n) is 2.30. The SMILES string of the molecule is CC(C)C[C@H](NC(=O)[C@@H](N)CC(C)C)C(=O)c1nnc(SC(C)C(=O)O)o1.Cl. The normalized spacial score (nSPS) is 14.3. The lowest BCUT2D eigenvalue weighted by atomic mass is 9.98. The molecule has 1 amide bonds. The molecular weight excluding hydrogens is 408 g/mol. The van der Waals surface area contributed by atoms with E-state index in [2.05, 4.69) is 15.5 Å². The number of carbonyl (C=O) groups excluding carboxylic acids is 2. The maximum Gasteiger partial charge on any atom is 0.316 e. The summed E-state index contributed by atoms with van der Waals surface area (Å²) in [7, 11) is 0. The van der Waals surface area contributed by atoms with E-state index in [1.807, 2.05) is 27.7 Å². The quantitative estimate of drug-likeness (QED) is 0.350. The molecule has 4 N–H and O–H groups in total. The third-order valence-electron chi connectivity index (χ3n) is 3.64. The molecule has 0 bridgehead atoms. The average Bonchev–Trinajstić information content (AvgIpc) is 3.00. The zero-order valence-electron chi connectivity index (χ0n) is 16.7. The van der Waals surface area contributed by atoms with Crippen LogP contribution in [0.4, 0.5) is 0 Å². The highest BCUT2D eigenvalue weighted by atomic mass is 35.5. The van der Waals surface area contributed by atoms with E-state index in [1.165, 1.54) is 6.92 Å². The number of nitrogens with one attached hydrogen (secondary N) is 1. The number of Topliss-reactive ketones (excluding diaryl/α,β-unsaturated/α-hetero) is 1. The van der Waals surface area contributed by atoms with Crippen LogP contribution >= 0.6 is 24.2 Å². The second kappa shape index (κ2) is 12.0. The summed E-state index contributed by atoms with van der Waals surface area (Å²) in [6.07, 6.45) is 0.887. The van der Waals surface area contributed by atoms with Gasteiger partial charge in [-0.2, -0.15) is 0 Å². The second-order valence-corrected chi connectivity index (χ2v) is 8.55. The standard InChI is InChI=1S/C17H28N4O5S.ClH/c1-8(2)6-11(18)14(23)19-12(7-9(3)4)13(22)15-20-21-17(26-15)27-10(5)16(24)25;/h8-12H,6-7,18H2,1-5H3,(H,19,23)(H,24,25);1H/t10?,11-,12-;/m0./s1. The van der Waals surface area contributed by atoms with Crippen LogP contribution in [0.5, 0.6) is 0 Å². The summed E-state index contributed by atoms with van der Waals surface area (Å²) in [5.74, 6) is -1.85. The number of aliphatic carboxylic acids is 1. The molecule has 11 heteroatoms. The topological polar surface area (TPSA) is 148 Å². The number of carbonyl (C=O) groups is 3. The van der Waals surface area contributed by atoms with E-state index < -0.39 is 35.0 Å². The summed E-state index contributed by atoms with van der Waals surface area (Å²) in [6.45, 7) is 9.23. The van der Waals surface area contributed by atoms with Gasteiger partial charge in [0.15, 0.2) is 0 Å². The number of carboxylic acid groups (broad SMARTS) is 1. The van der Waals surface area contributed by atoms with Crippen molar-refractivity contribution in [2.45, 2.75) is 70.0 Å². The molecule has 1 aromatic heterocycles. The maximum atomic E-state index is 12.7. The summed E-state index contributed by atoms with van der Waals surface area (Å²) in [6, 6.07) is -1.55. The molecule has 1 unspecified atom stereocenters. The fraction of sp³-hybridized carbons (Fsp3) is 0.706. The monoisotopic (exact) mass is 436 g/mol. The second-order valence-electron chi connectivity index (χ2n) is 7.26. The van der Waals surface area contributed by atoms with Crippen molar-refractivity contribution < 1.29 is 23.9 Å². The van der Waals surface area contributed by atoms with Gasteiger partial charge in [0.25, 0.3) is 11.1 Å². The number of hydrogen-bond donors (Lipinski definition) is 3. The Morgan fingerprint density at radius 1 is 1.11 bits per heavy atom. The van der Waals surface area contributed by atoms with E-state index in [-0.39, 0.29) is 35.4 Å². The lowest BCUT2D eigenvalue weighted by Crippen LogP contribution is -2.49. The van der Waals surface area contributed by atoms with Crippen molar-refractivity contribution in [3.8, 4) is 0 Å². The number of nitrogens with two attached hydrogens (primary N) is 1. The van der Waals surface area contributed by atoms with Crippen LogP contribution in [-0.2, 0) is 9.59 Å². The first kappa shape index (κ1) is 26.4. The van der Waals surface area contributed by atoms with Crippen molar-refractivity contribution in [3.63, 3.8) is 0 Å². The average molecular weight is 437 g/mol. The van der Waals surface area contributed by atoms with E-state index in [0.29, 0.717) is 12.8 Å². The van der Waals surface area contributed by atoms with Crippen molar-refractivity contribution in [1.82, 2.24) is 15.5 Å². The van der Waals surface area contributed by atoms with Gasteiger partial charge in [0, 0.05) is 0 Å². The van der Waals surface area contributed by atoms with Crippen molar-refractivity contribution >= 4 is 41.8 Å². The Labute approximate surface area is 175 Å². The summed E-state index contributed by atoms with van der Waals surface area (Å²) >= 11 is 0.842. The molecule has 0 saturated heterocycles. The number of rotatable bonds is 11. The van der Waals surface area contributed by atoms with E-state index in [0.717, 1.165) is 11.8 Å². The first-order valence-corrected chi connectivity index (χ1v) is 9.72. The summed E-state index contributed by atoms with van der Waals surface area (Å²) in [5.41, 5.74) is 5.89. The van der Waals surface area contributed by atoms with Crippen LogP contribution in [0.25, 0.3) is 0 Å². The largest absolute Gasteiger partial charge is 0.480 e. The highest BCUT2D eigenvalue weighted by Gasteiger charge is 2.30. The Bertz CT molecular complexity index is 668. The molecule has 160 valence electrons. The molecular formula is C17H29ClN4O5S. The molecule has 28 heavy (non-hydrogen) atoms. The van der Waals surface area contributed by atoms with E-state index >= 15 is 0 Å². The fourth-order valence-corrected chi connectivity index (χ4v) is 2.92. The summed E-state index contributed by atoms with van der Waals surface area (Å²) in [5, 5.41) is 18.2. The Balaban J connectivity index is 0.00000729. The molecule has 3 atom stereocenters. The van der Waals surface area contributed by atoms with E-state index in [1.54, 1.807) is 0 Å². The van der Waals surface area contributed by atoms with E-state index in [4.69, 9.17) is 15.3 Å². The van der Waals surface area contributed by atoms with Gasteiger partial charge in [-0.3, -0.25) is 14.4 Å². The Morgan fingerprint density at radius 2 is 1.68 bits per heavy atom. The molecule has 0 fully saturated rings. The molecule has 9 nitrogen and oxygen atoms in total. The van der Waals surface area contributed by atoms with Crippen LogP contribution in [0.15, 0.2) is 9.64 Å². The van der Waals surface area contributed by atoms with Gasteiger partial charge < -0.3 is 20.6 Å². The number of halogens is 1. The minimum Gasteiger partial charge on any atom is -0.480 e. The Morgan fingerprint density at radius 3 is 2.18 bits per heavy atom. The maximum absolute atomic E-state index is 12.7. The Kier molecular flexibility index (Phi) is 11.3. The first-order valence-electron chi connectivity index (χ1n) is 8.84. The third-order valence-corrected chi connectivity index (χ3v) is 4.57. The van der Waals surface area contributed by atoms with Crippen molar-refractivity contribution in [2.75, 3.05) is 0 Å². The summed E-state index contributed by atoms with van der Waals surface area (Å²) in [4.78, 5) is 35.9. The molecule has 0 aliphatic rings. The van der Waals surface area contributed by atoms with Crippen LogP contribution in [0, 0.1) is 11.8 Å². The molecule has 1 rings (SSSR count). The zero-order chi connectivity index (χ0) is 20.7. The van der Waals surface area contributed by atoms with Crippen LogP contribution in [0.1, 0.15) is 58.1 Å². The molecule has 0 spiro atoms. The summed E-state index contributed by atoms with van der Waals surface area (Å²) < 4.78 is 5.28. The van der Waals surface area contributed by atoms with E-state index in [9.17, 15) is 14.4 Å². The predicted molar refractivity (Wildman–Crippen MR) is 108 cm³/mol. The van der Waals surface area contributed by atoms with Gasteiger partial charge in [-0.05, 0) is 31.6 Å². The minimum atomic E-state index is -1.03. The van der Waals surface area contributed by atoms with Crippen molar-refractivity contribution in [2.24, 2.45) is 17.6 Å². The van der Waals surface area contributed by atoms with Crippen molar-refractivity contribution in [3.05, 3.63) is 5.89 Å². The van der Waals surface area contributed by atoms with Gasteiger partial charge in [0.2, 0.25) is 11.7 Å². The zero-order valence-corrected chi connectivity index (χ0v) is 18.3. The molecule has 0 saturated carbocycles. The van der Waals surface area contributed by atoms with Gasteiger partial charge in [-0.25, -0.2) is 0 Å². The van der Waals surface area contributed by atoms with Gasteiger partial charge in [0.05, 0.1) is 12.1 Å². The highest BCUT2D eigenvalue weighted by Crippen LogP contribution is 2.22. The number of ketones is 1. The lowest BCUT2D eigenvalue weighted by Gasteiger charge is -2.21. The smallest absolute Gasteiger partial charge is 0.316 e. The van der Waals surface area contributed by atoms with Gasteiger partial charge in [0.1, 0.15) is 5.25 Å². The molecule has 1 aromatic rings. The number of aromatic nitrogens is 2. The molecule has 0 aliphatic carbocycles. The molecule has 1 heterocycles. The van der Waals surface area contributed by atoms with Crippen LogP contribution < -0.4 is 11.1 Å². The van der Waals surface area contributed by atoms with Crippen LogP contribution in [-0.4, -0.2) is 50.3 Å². The number of hydrogen-bond acceptors (Lipinski definition) is 8. The van der Waals surface area contributed by atoms with Gasteiger partial charge in [-0.15, -0.1) is 22.6 Å². The minimum absolute atomic E-state index is 0. The molecule has 0 aliphatic heterocycles. The number of amides is 1. The van der Waals surface area contributed by atoms with Gasteiger partial charge >= 0.3 is 5.97 Å². The number of nitrogens with zero attached hydrogens (tertiary/aromatic N) is 2. The lowest BCUT2D eigenvalue weighted by molar-refractivity contribution is -0.136. The van der Waals surface area contributed by atoms with Crippen molar-refractivity contribution in [1.29, 1.82) is 0 Å². The molecule has 0 radical (unpaired) electrons. The number of carboxylic acids is 1. The number of thioether (sulfide) groups is 1. The third kappa shape index (κ3) is 8.57. The van der Waals surface area contributed by atoms with Crippen LogP contribution in [0.3, 0.4) is 0 Å². The Hall–Kier alpha value is -1.65. The van der Waals surface area contributed by atoms with Crippen LogP contribution in [0.2, 0.25) is 0 Å². The first-order chi connectivity index (χ1) is 12.5. The van der Waals surface area contributed by atoms with Gasteiger partial charge in [-0.1, -0.05) is 39.5 Å². The highest BCUT2D eigenvalue weighted by molar-refractivity contribution is 8.00.